The van der Waals surface area contributed by atoms with Gasteiger partial charge in [0.15, 0.2) is 0 Å². The standard InChI is InChI=1S/C25H26FN3O4/c1-5-25-20(29(14-21(25)32-25)23(30)33-24(2,3)4)12-18-7-6-8-22(28-18)31-15-17-10-9-16(13-27)11-19(17)26/h5-11,20-21H,1,12,14-15H2,2-4H3. The highest BCUT2D eigenvalue weighted by Gasteiger charge is 2.68. The summed E-state index contributed by atoms with van der Waals surface area (Å²) in [6, 6.07) is 11.2. The molecule has 3 heterocycles. The van der Waals surface area contributed by atoms with Crippen LogP contribution in [0.3, 0.4) is 0 Å². The molecule has 33 heavy (non-hydrogen) atoms. The number of carbonyl (C=O) groups excluding carboxylic acids is 1. The molecule has 2 aliphatic rings. The maximum absolute atomic E-state index is 14.1. The molecule has 8 heteroatoms. The summed E-state index contributed by atoms with van der Waals surface area (Å²) in [5.74, 6) is -0.173. The minimum absolute atomic E-state index is 0.0246. The van der Waals surface area contributed by atoms with E-state index in [2.05, 4.69) is 11.6 Å². The maximum atomic E-state index is 14.1. The number of ether oxygens (including phenoxy) is 3. The number of fused-ring (bicyclic) bond motifs is 1. The molecule has 1 aromatic carbocycles. The zero-order valence-corrected chi connectivity index (χ0v) is 18.9. The Morgan fingerprint density at radius 2 is 2.21 bits per heavy atom. The van der Waals surface area contributed by atoms with Gasteiger partial charge in [0.2, 0.25) is 5.88 Å². The predicted octanol–water partition coefficient (Wildman–Crippen LogP) is 4.16. The summed E-state index contributed by atoms with van der Waals surface area (Å²) in [7, 11) is 0. The number of benzene rings is 1. The monoisotopic (exact) mass is 451 g/mol. The third-order valence-electron chi connectivity index (χ3n) is 5.74. The van der Waals surface area contributed by atoms with E-state index in [-0.39, 0.29) is 24.3 Å². The molecule has 172 valence electrons. The number of hydrogen-bond donors (Lipinski definition) is 0. The fourth-order valence-corrected chi connectivity index (χ4v) is 4.08. The quantitative estimate of drug-likeness (QED) is 0.484. The van der Waals surface area contributed by atoms with Gasteiger partial charge in [-0.15, -0.1) is 6.58 Å². The number of epoxide rings is 1. The van der Waals surface area contributed by atoms with Crippen molar-refractivity contribution in [3.8, 4) is 11.9 Å². The third-order valence-corrected chi connectivity index (χ3v) is 5.74. The largest absolute Gasteiger partial charge is 0.473 e. The average Bonchev–Trinajstić information content (AvgIpc) is 3.40. The zero-order chi connectivity index (χ0) is 23.8. The topological polar surface area (TPSA) is 88.0 Å². The van der Waals surface area contributed by atoms with Crippen molar-refractivity contribution in [2.75, 3.05) is 6.54 Å². The van der Waals surface area contributed by atoms with Gasteiger partial charge in [-0.1, -0.05) is 18.2 Å². The van der Waals surface area contributed by atoms with Crippen LogP contribution in [0.1, 0.15) is 37.6 Å². The minimum Gasteiger partial charge on any atom is -0.473 e. The minimum atomic E-state index is -0.610. The molecular formula is C25H26FN3O4. The van der Waals surface area contributed by atoms with Gasteiger partial charge in [-0.05, 0) is 39.0 Å². The second-order valence-corrected chi connectivity index (χ2v) is 9.19. The molecular weight excluding hydrogens is 425 g/mol. The third kappa shape index (κ3) is 4.69. The molecule has 7 nitrogen and oxygen atoms in total. The highest BCUT2D eigenvalue weighted by Crippen LogP contribution is 2.50. The average molecular weight is 451 g/mol. The first-order chi connectivity index (χ1) is 15.6. The number of nitriles is 1. The predicted molar refractivity (Wildman–Crippen MR) is 118 cm³/mol. The van der Waals surface area contributed by atoms with E-state index in [1.807, 2.05) is 32.9 Å². The van der Waals surface area contributed by atoms with E-state index in [9.17, 15) is 9.18 Å². The Morgan fingerprint density at radius 3 is 2.88 bits per heavy atom. The van der Waals surface area contributed by atoms with Crippen molar-refractivity contribution >= 4 is 6.09 Å². The lowest BCUT2D eigenvalue weighted by Gasteiger charge is -2.31. The highest BCUT2D eigenvalue weighted by atomic mass is 19.1. The Kier molecular flexibility index (Phi) is 5.85. The zero-order valence-electron chi connectivity index (χ0n) is 18.9. The van der Waals surface area contributed by atoms with E-state index in [0.717, 1.165) is 0 Å². The van der Waals surface area contributed by atoms with Crippen molar-refractivity contribution in [2.45, 2.75) is 57.1 Å². The van der Waals surface area contributed by atoms with Gasteiger partial charge < -0.3 is 14.2 Å². The first kappa shape index (κ1) is 22.7. The van der Waals surface area contributed by atoms with E-state index >= 15 is 0 Å². The molecule has 2 aromatic rings. The van der Waals surface area contributed by atoms with E-state index in [4.69, 9.17) is 19.5 Å². The Labute approximate surface area is 192 Å². The second-order valence-electron chi connectivity index (χ2n) is 9.19. The van der Waals surface area contributed by atoms with Crippen LogP contribution in [0, 0.1) is 17.1 Å². The van der Waals surface area contributed by atoms with Gasteiger partial charge in [0.1, 0.15) is 29.7 Å². The molecule has 2 saturated heterocycles. The van der Waals surface area contributed by atoms with Crippen LogP contribution in [0.4, 0.5) is 9.18 Å². The van der Waals surface area contributed by atoms with Crippen LogP contribution in [0.25, 0.3) is 0 Å². The van der Waals surface area contributed by atoms with Crippen LogP contribution in [-0.2, 0) is 22.5 Å². The van der Waals surface area contributed by atoms with Gasteiger partial charge in [0.05, 0.1) is 24.2 Å². The summed E-state index contributed by atoms with van der Waals surface area (Å²) in [5, 5.41) is 8.87. The van der Waals surface area contributed by atoms with Crippen LogP contribution in [0.2, 0.25) is 0 Å². The molecule has 3 atom stereocenters. The molecule has 0 radical (unpaired) electrons. The number of likely N-dealkylation sites (tertiary alicyclic amines) is 1. The van der Waals surface area contributed by atoms with Gasteiger partial charge in [0, 0.05) is 23.7 Å². The lowest BCUT2D eigenvalue weighted by Crippen LogP contribution is -2.47. The molecule has 0 bridgehead atoms. The van der Waals surface area contributed by atoms with Crippen molar-refractivity contribution in [3.63, 3.8) is 0 Å². The number of morpholine rings is 1. The first-order valence-corrected chi connectivity index (χ1v) is 10.7. The Hall–Kier alpha value is -3.44. The normalized spacial score (nSPS) is 23.4. The van der Waals surface area contributed by atoms with E-state index in [1.165, 1.54) is 18.2 Å². The smallest absolute Gasteiger partial charge is 0.410 e. The van der Waals surface area contributed by atoms with Crippen molar-refractivity contribution in [1.29, 1.82) is 5.26 Å². The number of amides is 1. The lowest BCUT2D eigenvalue weighted by atomic mass is 9.95. The number of nitrogens with zero attached hydrogens (tertiary/aromatic N) is 3. The van der Waals surface area contributed by atoms with E-state index < -0.39 is 23.1 Å². The van der Waals surface area contributed by atoms with Crippen LogP contribution in [0.5, 0.6) is 5.88 Å². The molecule has 0 N–H and O–H groups in total. The fraction of sp³-hybridized carbons (Fsp3) is 0.400. The Bertz CT molecular complexity index is 1120. The SMILES string of the molecule is C=CC12OC1CN(C(=O)OC(C)(C)C)C2Cc1cccc(OCc2ccc(C#N)cc2F)n1. The molecule has 0 saturated carbocycles. The summed E-state index contributed by atoms with van der Waals surface area (Å²) < 4.78 is 31.3. The number of carbonyl (C=O) groups is 1. The molecule has 3 unspecified atom stereocenters. The number of aromatic nitrogens is 1. The number of rotatable bonds is 6. The lowest BCUT2D eigenvalue weighted by molar-refractivity contribution is 0.00862. The number of pyridine rings is 1. The Balaban J connectivity index is 1.48. The molecule has 4 rings (SSSR count). The summed E-state index contributed by atoms with van der Waals surface area (Å²) in [4.78, 5) is 19.0. The van der Waals surface area contributed by atoms with E-state index in [0.29, 0.717) is 30.1 Å². The highest BCUT2D eigenvalue weighted by molar-refractivity contribution is 5.70. The van der Waals surface area contributed by atoms with Gasteiger partial charge in [0.25, 0.3) is 0 Å². The first-order valence-electron chi connectivity index (χ1n) is 10.7. The van der Waals surface area contributed by atoms with Gasteiger partial charge in [-0.2, -0.15) is 5.26 Å². The van der Waals surface area contributed by atoms with Crippen LogP contribution < -0.4 is 4.74 Å². The molecule has 0 aliphatic carbocycles. The Morgan fingerprint density at radius 1 is 1.42 bits per heavy atom. The van der Waals surface area contributed by atoms with Crippen LogP contribution in [-0.4, -0.2) is 45.9 Å². The van der Waals surface area contributed by atoms with Crippen molar-refractivity contribution in [2.24, 2.45) is 0 Å². The second kappa shape index (κ2) is 8.49. The summed E-state index contributed by atoms with van der Waals surface area (Å²) in [6.07, 6.45) is 1.67. The molecule has 1 aromatic heterocycles. The van der Waals surface area contributed by atoms with Crippen LogP contribution in [0.15, 0.2) is 49.1 Å². The van der Waals surface area contributed by atoms with Crippen molar-refractivity contribution < 1.29 is 23.4 Å². The number of hydrogen-bond acceptors (Lipinski definition) is 6. The molecule has 2 aliphatic heterocycles. The number of halogens is 1. The van der Waals surface area contributed by atoms with Gasteiger partial charge >= 0.3 is 6.09 Å². The molecule has 0 spiro atoms. The summed E-state index contributed by atoms with van der Waals surface area (Å²) >= 11 is 0. The fourth-order valence-electron chi connectivity index (χ4n) is 4.08. The van der Waals surface area contributed by atoms with Gasteiger partial charge in [-0.25, -0.2) is 14.2 Å². The van der Waals surface area contributed by atoms with Crippen LogP contribution >= 0.6 is 0 Å². The molecule has 1 amide bonds. The van der Waals surface area contributed by atoms with E-state index in [1.54, 1.807) is 23.1 Å². The summed E-state index contributed by atoms with van der Waals surface area (Å²) in [6.45, 7) is 9.81. The summed E-state index contributed by atoms with van der Waals surface area (Å²) in [5.41, 5.74) is 0.0561. The maximum Gasteiger partial charge on any atom is 0.410 e. The van der Waals surface area contributed by atoms with Crippen molar-refractivity contribution in [1.82, 2.24) is 9.88 Å². The molecule has 2 fully saturated rings. The van der Waals surface area contributed by atoms with Crippen molar-refractivity contribution in [3.05, 3.63) is 71.7 Å². The van der Waals surface area contributed by atoms with Gasteiger partial charge in [-0.3, -0.25) is 4.90 Å².